The van der Waals surface area contributed by atoms with E-state index in [0.29, 0.717) is 12.2 Å². The zero-order valence-corrected chi connectivity index (χ0v) is 7.53. The molecule has 0 bridgehead atoms. The van der Waals surface area contributed by atoms with Gasteiger partial charge in [0.25, 0.3) is 0 Å². The number of hydrogen-bond donors (Lipinski definition) is 1. The van der Waals surface area contributed by atoms with Crippen LogP contribution in [0.3, 0.4) is 0 Å². The van der Waals surface area contributed by atoms with Crippen molar-refractivity contribution in [1.29, 1.82) is 0 Å². The average molecular weight is 178 g/mol. The second-order valence-corrected chi connectivity index (χ2v) is 3.32. The van der Waals surface area contributed by atoms with Crippen LogP contribution in [0.1, 0.15) is 25.7 Å². The molecule has 1 saturated heterocycles. The predicted molar refractivity (Wildman–Crippen MR) is 47.2 cm³/mol. The minimum atomic E-state index is 0. The third kappa shape index (κ3) is 2.32. The van der Waals surface area contributed by atoms with E-state index in [1.807, 2.05) is 0 Å². The molecule has 2 fully saturated rings. The number of rotatable bonds is 2. The van der Waals surface area contributed by atoms with Crippen molar-refractivity contribution in [2.24, 2.45) is 0 Å². The monoisotopic (exact) mass is 177 g/mol. The number of ether oxygens (including phenoxy) is 1. The molecule has 11 heavy (non-hydrogen) atoms. The van der Waals surface area contributed by atoms with Gasteiger partial charge in [0.05, 0.1) is 12.2 Å². The van der Waals surface area contributed by atoms with Crippen LogP contribution in [0, 0.1) is 0 Å². The summed E-state index contributed by atoms with van der Waals surface area (Å²) in [7, 11) is 0. The van der Waals surface area contributed by atoms with Crippen molar-refractivity contribution in [2.75, 3.05) is 13.1 Å². The Labute approximate surface area is 74.1 Å². The van der Waals surface area contributed by atoms with Crippen LogP contribution in [0.4, 0.5) is 0 Å². The summed E-state index contributed by atoms with van der Waals surface area (Å²) in [5.74, 6) is 0. The van der Waals surface area contributed by atoms with Crippen LogP contribution in [-0.2, 0) is 4.74 Å². The normalized spacial score (nSPS) is 26.2. The van der Waals surface area contributed by atoms with Crippen molar-refractivity contribution in [2.45, 2.75) is 37.9 Å². The van der Waals surface area contributed by atoms with Crippen molar-refractivity contribution < 1.29 is 4.74 Å². The summed E-state index contributed by atoms with van der Waals surface area (Å²) in [4.78, 5) is 0. The minimum Gasteiger partial charge on any atom is -0.372 e. The molecule has 66 valence electrons. The van der Waals surface area contributed by atoms with Gasteiger partial charge in [-0.05, 0) is 12.8 Å². The summed E-state index contributed by atoms with van der Waals surface area (Å²) in [6, 6.07) is 0. The van der Waals surface area contributed by atoms with Gasteiger partial charge in [-0.2, -0.15) is 0 Å². The Morgan fingerprint density at radius 2 is 1.64 bits per heavy atom. The summed E-state index contributed by atoms with van der Waals surface area (Å²) in [6.45, 7) is 2.16. The minimum absolute atomic E-state index is 0. The zero-order valence-electron chi connectivity index (χ0n) is 6.71. The molecular weight excluding hydrogens is 162 g/mol. The third-order valence-corrected chi connectivity index (χ3v) is 2.43. The fourth-order valence-corrected chi connectivity index (χ4v) is 1.66. The first-order valence-corrected chi connectivity index (χ1v) is 4.31. The maximum atomic E-state index is 5.78. The highest BCUT2D eigenvalue weighted by atomic mass is 35.5. The maximum Gasteiger partial charge on any atom is 0.0827 e. The molecule has 1 saturated carbocycles. The molecule has 0 atom stereocenters. The van der Waals surface area contributed by atoms with Crippen LogP contribution in [0.25, 0.3) is 0 Å². The molecule has 0 aromatic heterocycles. The Bertz CT molecular complexity index is 111. The first-order valence-electron chi connectivity index (χ1n) is 4.31. The SMILES string of the molecule is C1CCC(OC2CNC2)C1.Cl. The number of hydrogen-bond acceptors (Lipinski definition) is 2. The van der Waals surface area contributed by atoms with Gasteiger partial charge >= 0.3 is 0 Å². The van der Waals surface area contributed by atoms with Crippen molar-refractivity contribution >= 4 is 12.4 Å². The first-order chi connectivity index (χ1) is 4.95. The van der Waals surface area contributed by atoms with E-state index in [2.05, 4.69) is 5.32 Å². The van der Waals surface area contributed by atoms with Crippen LogP contribution in [-0.4, -0.2) is 25.3 Å². The lowest BCUT2D eigenvalue weighted by Gasteiger charge is -2.29. The van der Waals surface area contributed by atoms with Gasteiger partial charge in [-0.3, -0.25) is 0 Å². The topological polar surface area (TPSA) is 21.3 Å². The Balaban J connectivity index is 0.000000605. The Hall–Kier alpha value is 0.210. The summed E-state index contributed by atoms with van der Waals surface area (Å²) in [5.41, 5.74) is 0. The maximum absolute atomic E-state index is 5.78. The molecule has 2 nitrogen and oxygen atoms in total. The molecule has 0 aromatic rings. The zero-order chi connectivity index (χ0) is 6.81. The van der Waals surface area contributed by atoms with E-state index in [-0.39, 0.29) is 12.4 Å². The average Bonchev–Trinajstić information content (AvgIpc) is 2.29. The van der Waals surface area contributed by atoms with E-state index in [0.717, 1.165) is 13.1 Å². The van der Waals surface area contributed by atoms with E-state index in [9.17, 15) is 0 Å². The lowest BCUT2D eigenvalue weighted by molar-refractivity contribution is -0.0335. The van der Waals surface area contributed by atoms with Gasteiger partial charge < -0.3 is 10.1 Å². The fourth-order valence-electron chi connectivity index (χ4n) is 1.66. The van der Waals surface area contributed by atoms with Crippen LogP contribution < -0.4 is 5.32 Å². The first kappa shape index (κ1) is 9.30. The van der Waals surface area contributed by atoms with E-state index in [1.54, 1.807) is 0 Å². The van der Waals surface area contributed by atoms with E-state index in [4.69, 9.17) is 4.74 Å². The second-order valence-electron chi connectivity index (χ2n) is 3.32. The van der Waals surface area contributed by atoms with Gasteiger partial charge in [-0.15, -0.1) is 12.4 Å². The van der Waals surface area contributed by atoms with E-state index < -0.39 is 0 Å². The molecule has 1 heterocycles. The number of nitrogens with one attached hydrogen (secondary N) is 1. The van der Waals surface area contributed by atoms with Crippen molar-refractivity contribution in [3.63, 3.8) is 0 Å². The lowest BCUT2D eigenvalue weighted by Crippen LogP contribution is -2.49. The number of halogens is 1. The largest absolute Gasteiger partial charge is 0.372 e. The van der Waals surface area contributed by atoms with E-state index in [1.165, 1.54) is 25.7 Å². The standard InChI is InChI=1S/C8H15NO.ClH/c1-2-4-7(3-1)10-8-5-9-6-8;/h7-9H,1-6H2;1H. The molecule has 0 spiro atoms. The predicted octanol–water partition coefficient (Wildman–Crippen LogP) is 1.34. The van der Waals surface area contributed by atoms with Gasteiger partial charge in [0.2, 0.25) is 0 Å². The van der Waals surface area contributed by atoms with Gasteiger partial charge in [0.15, 0.2) is 0 Å². The molecule has 0 amide bonds. The summed E-state index contributed by atoms with van der Waals surface area (Å²) >= 11 is 0. The molecule has 1 N–H and O–H groups in total. The second kappa shape index (κ2) is 4.29. The third-order valence-electron chi connectivity index (χ3n) is 2.43. The molecule has 1 aliphatic carbocycles. The molecular formula is C8H16ClNO. The smallest absolute Gasteiger partial charge is 0.0827 e. The molecule has 2 rings (SSSR count). The molecule has 0 aromatic carbocycles. The highest BCUT2D eigenvalue weighted by molar-refractivity contribution is 5.85. The molecule has 3 heteroatoms. The Kier molecular flexibility index (Phi) is 3.63. The molecule has 0 unspecified atom stereocenters. The van der Waals surface area contributed by atoms with Crippen LogP contribution in [0.15, 0.2) is 0 Å². The summed E-state index contributed by atoms with van der Waals surface area (Å²) in [5, 5.41) is 3.21. The van der Waals surface area contributed by atoms with Gasteiger partial charge in [-0.25, -0.2) is 0 Å². The highest BCUT2D eigenvalue weighted by Crippen LogP contribution is 2.22. The molecule has 2 aliphatic rings. The van der Waals surface area contributed by atoms with E-state index >= 15 is 0 Å². The van der Waals surface area contributed by atoms with Crippen molar-refractivity contribution in [3.05, 3.63) is 0 Å². The van der Waals surface area contributed by atoms with Crippen molar-refractivity contribution in [1.82, 2.24) is 5.32 Å². The summed E-state index contributed by atoms with van der Waals surface area (Å²) < 4.78 is 5.78. The molecule has 1 aliphatic heterocycles. The van der Waals surface area contributed by atoms with Crippen molar-refractivity contribution in [3.8, 4) is 0 Å². The quantitative estimate of drug-likeness (QED) is 0.688. The Morgan fingerprint density at radius 3 is 2.09 bits per heavy atom. The van der Waals surface area contributed by atoms with Gasteiger partial charge in [0.1, 0.15) is 0 Å². The fraction of sp³-hybridized carbons (Fsp3) is 1.00. The van der Waals surface area contributed by atoms with Crippen LogP contribution in [0.2, 0.25) is 0 Å². The van der Waals surface area contributed by atoms with Gasteiger partial charge in [0, 0.05) is 13.1 Å². The molecule has 0 radical (unpaired) electrons. The highest BCUT2D eigenvalue weighted by Gasteiger charge is 2.23. The van der Waals surface area contributed by atoms with Crippen LogP contribution in [0.5, 0.6) is 0 Å². The Morgan fingerprint density at radius 1 is 1.00 bits per heavy atom. The summed E-state index contributed by atoms with van der Waals surface area (Å²) in [6.07, 6.45) is 6.51. The lowest BCUT2D eigenvalue weighted by atomic mass is 10.2. The van der Waals surface area contributed by atoms with Gasteiger partial charge in [-0.1, -0.05) is 12.8 Å². The van der Waals surface area contributed by atoms with Crippen LogP contribution >= 0.6 is 12.4 Å².